The first-order valence-corrected chi connectivity index (χ1v) is 7.46. The molecule has 0 unspecified atom stereocenters. The van der Waals surface area contributed by atoms with E-state index in [2.05, 4.69) is 15.9 Å². The van der Waals surface area contributed by atoms with E-state index in [0.29, 0.717) is 22.5 Å². The Morgan fingerprint density at radius 3 is 2.43 bits per heavy atom. The van der Waals surface area contributed by atoms with Crippen molar-refractivity contribution < 1.29 is 18.7 Å². The third-order valence-corrected chi connectivity index (χ3v) is 3.71. The van der Waals surface area contributed by atoms with Crippen molar-refractivity contribution in [1.82, 2.24) is 0 Å². The van der Waals surface area contributed by atoms with Crippen LogP contribution in [0.1, 0.15) is 10.4 Å². The van der Waals surface area contributed by atoms with Crippen molar-refractivity contribution in [1.29, 1.82) is 0 Å². The van der Waals surface area contributed by atoms with Crippen LogP contribution in [0.2, 0.25) is 0 Å². The molecule has 116 valence electrons. The smallest absolute Gasteiger partial charge is 0.351 e. The average Bonchev–Trinajstić information content (AvgIpc) is 2.55. The van der Waals surface area contributed by atoms with Crippen molar-refractivity contribution in [2.75, 3.05) is 7.11 Å². The lowest BCUT2D eigenvalue weighted by Gasteiger charge is -2.05. The minimum atomic E-state index is -0.772. The normalized spacial score (nSPS) is 10.5. The van der Waals surface area contributed by atoms with E-state index in [0.717, 1.165) is 4.47 Å². The van der Waals surface area contributed by atoms with Crippen LogP contribution in [0.25, 0.3) is 11.0 Å². The van der Waals surface area contributed by atoms with Gasteiger partial charge in [-0.15, -0.1) is 0 Å². The molecule has 0 spiro atoms. The Balaban J connectivity index is 1.97. The number of methoxy groups -OCH3 is 1. The summed E-state index contributed by atoms with van der Waals surface area (Å²) in [7, 11) is 1.53. The number of carbonyl (C=O) groups excluding carboxylic acids is 1. The predicted molar refractivity (Wildman–Crippen MR) is 88.1 cm³/mol. The third kappa shape index (κ3) is 3.27. The highest BCUT2D eigenvalue weighted by Crippen LogP contribution is 2.21. The first kappa shape index (κ1) is 15.3. The standard InChI is InChI=1S/C17H11BrO5/c1-21-13-6-7-15-10(8-13)9-14(17(20)23-15)16(19)22-12-4-2-11(18)3-5-12/h2-9H,1H3. The zero-order valence-corrected chi connectivity index (χ0v) is 13.6. The molecule has 0 atom stereocenters. The molecule has 6 heteroatoms. The Morgan fingerprint density at radius 1 is 1.04 bits per heavy atom. The number of hydrogen-bond acceptors (Lipinski definition) is 5. The molecule has 1 heterocycles. The van der Waals surface area contributed by atoms with Crippen LogP contribution in [-0.4, -0.2) is 13.1 Å². The second kappa shape index (κ2) is 6.26. The van der Waals surface area contributed by atoms with Crippen LogP contribution >= 0.6 is 15.9 Å². The number of carbonyl (C=O) groups is 1. The molecule has 0 aliphatic rings. The van der Waals surface area contributed by atoms with Gasteiger partial charge in [-0.25, -0.2) is 9.59 Å². The van der Waals surface area contributed by atoms with Gasteiger partial charge in [-0.3, -0.25) is 0 Å². The number of halogens is 1. The van der Waals surface area contributed by atoms with Gasteiger partial charge in [-0.1, -0.05) is 15.9 Å². The largest absolute Gasteiger partial charge is 0.497 e. The summed E-state index contributed by atoms with van der Waals surface area (Å²) in [6.45, 7) is 0. The number of ether oxygens (including phenoxy) is 2. The van der Waals surface area contributed by atoms with E-state index in [9.17, 15) is 9.59 Å². The molecule has 0 N–H and O–H groups in total. The Labute approximate surface area is 139 Å². The van der Waals surface area contributed by atoms with Gasteiger partial charge in [0.15, 0.2) is 0 Å². The zero-order valence-electron chi connectivity index (χ0n) is 12.0. The van der Waals surface area contributed by atoms with Gasteiger partial charge in [0.25, 0.3) is 0 Å². The molecule has 0 aliphatic carbocycles. The van der Waals surface area contributed by atoms with Gasteiger partial charge in [-0.05, 0) is 48.5 Å². The van der Waals surface area contributed by atoms with Gasteiger partial charge in [0, 0.05) is 9.86 Å². The maximum Gasteiger partial charge on any atom is 0.351 e. The van der Waals surface area contributed by atoms with Crippen molar-refractivity contribution in [3.05, 3.63) is 69.0 Å². The van der Waals surface area contributed by atoms with Gasteiger partial charge in [0.05, 0.1) is 7.11 Å². The van der Waals surface area contributed by atoms with E-state index in [-0.39, 0.29) is 5.56 Å². The lowest BCUT2D eigenvalue weighted by molar-refractivity contribution is 0.0730. The highest BCUT2D eigenvalue weighted by atomic mass is 79.9. The fourth-order valence-corrected chi connectivity index (χ4v) is 2.30. The van der Waals surface area contributed by atoms with Crippen LogP contribution in [0.15, 0.2) is 62.2 Å². The van der Waals surface area contributed by atoms with Crippen molar-refractivity contribution in [2.24, 2.45) is 0 Å². The van der Waals surface area contributed by atoms with Crippen molar-refractivity contribution in [3.63, 3.8) is 0 Å². The number of benzene rings is 2. The SMILES string of the molecule is COc1ccc2oc(=O)c(C(=O)Oc3ccc(Br)cc3)cc2c1. The van der Waals surface area contributed by atoms with Crippen LogP contribution in [-0.2, 0) is 0 Å². The molecule has 0 amide bonds. The predicted octanol–water partition coefficient (Wildman–Crippen LogP) is 3.78. The van der Waals surface area contributed by atoms with Gasteiger partial charge in [0.2, 0.25) is 0 Å². The molecule has 0 aliphatic heterocycles. The monoisotopic (exact) mass is 374 g/mol. The molecule has 1 aromatic heterocycles. The van der Waals surface area contributed by atoms with Gasteiger partial charge in [0.1, 0.15) is 22.6 Å². The number of fused-ring (bicyclic) bond motifs is 1. The summed E-state index contributed by atoms with van der Waals surface area (Å²) < 4.78 is 16.3. The minimum Gasteiger partial charge on any atom is -0.497 e. The average molecular weight is 375 g/mol. The van der Waals surface area contributed by atoms with Crippen LogP contribution in [0, 0.1) is 0 Å². The summed E-state index contributed by atoms with van der Waals surface area (Å²) in [5.74, 6) is 0.160. The summed E-state index contributed by atoms with van der Waals surface area (Å²) in [6, 6.07) is 13.1. The summed E-state index contributed by atoms with van der Waals surface area (Å²) in [4.78, 5) is 24.2. The van der Waals surface area contributed by atoms with E-state index in [1.54, 1.807) is 42.5 Å². The Kier molecular flexibility index (Phi) is 4.16. The fourth-order valence-electron chi connectivity index (χ4n) is 2.04. The van der Waals surface area contributed by atoms with Crippen molar-refractivity contribution in [2.45, 2.75) is 0 Å². The summed E-state index contributed by atoms with van der Waals surface area (Å²) in [6.07, 6.45) is 0. The third-order valence-electron chi connectivity index (χ3n) is 3.18. The Bertz CT molecular complexity index is 928. The maximum atomic E-state index is 12.2. The molecular weight excluding hydrogens is 364 g/mol. The fraction of sp³-hybridized carbons (Fsp3) is 0.0588. The van der Waals surface area contributed by atoms with Gasteiger partial charge < -0.3 is 13.9 Å². The molecule has 3 rings (SSSR count). The first-order valence-electron chi connectivity index (χ1n) is 6.66. The first-order chi connectivity index (χ1) is 11.1. The highest BCUT2D eigenvalue weighted by molar-refractivity contribution is 9.10. The minimum absolute atomic E-state index is 0.173. The lowest BCUT2D eigenvalue weighted by Crippen LogP contribution is -2.18. The van der Waals surface area contributed by atoms with E-state index < -0.39 is 11.6 Å². The molecule has 3 aromatic rings. The van der Waals surface area contributed by atoms with Crippen LogP contribution in [0.4, 0.5) is 0 Å². The molecule has 0 radical (unpaired) electrons. The molecule has 23 heavy (non-hydrogen) atoms. The van der Waals surface area contributed by atoms with E-state index in [1.807, 2.05) is 0 Å². The van der Waals surface area contributed by atoms with Crippen molar-refractivity contribution in [3.8, 4) is 11.5 Å². The van der Waals surface area contributed by atoms with Crippen LogP contribution in [0.3, 0.4) is 0 Å². The summed E-state index contributed by atoms with van der Waals surface area (Å²) in [5, 5.41) is 0.576. The molecular formula is C17H11BrO5. The van der Waals surface area contributed by atoms with Crippen molar-refractivity contribution >= 4 is 32.9 Å². The number of esters is 1. The van der Waals surface area contributed by atoms with E-state index in [4.69, 9.17) is 13.9 Å². The lowest BCUT2D eigenvalue weighted by atomic mass is 10.2. The molecule has 5 nitrogen and oxygen atoms in total. The second-order valence-electron chi connectivity index (χ2n) is 4.69. The number of hydrogen-bond donors (Lipinski definition) is 0. The van der Waals surface area contributed by atoms with E-state index >= 15 is 0 Å². The highest BCUT2D eigenvalue weighted by Gasteiger charge is 2.16. The second-order valence-corrected chi connectivity index (χ2v) is 5.61. The number of rotatable bonds is 3. The molecule has 2 aromatic carbocycles. The Morgan fingerprint density at radius 2 is 1.74 bits per heavy atom. The quantitative estimate of drug-likeness (QED) is 0.396. The van der Waals surface area contributed by atoms with Gasteiger partial charge in [-0.2, -0.15) is 0 Å². The zero-order chi connectivity index (χ0) is 16.4. The van der Waals surface area contributed by atoms with Gasteiger partial charge >= 0.3 is 11.6 Å². The summed E-state index contributed by atoms with van der Waals surface area (Å²) >= 11 is 3.29. The Hall–Kier alpha value is -2.60. The summed E-state index contributed by atoms with van der Waals surface area (Å²) in [5.41, 5.74) is -0.547. The molecule has 0 saturated heterocycles. The van der Waals surface area contributed by atoms with E-state index in [1.165, 1.54) is 13.2 Å². The molecule has 0 saturated carbocycles. The maximum absolute atomic E-state index is 12.2. The topological polar surface area (TPSA) is 65.7 Å². The van der Waals surface area contributed by atoms with Crippen LogP contribution < -0.4 is 15.1 Å². The molecule has 0 fully saturated rings. The van der Waals surface area contributed by atoms with Crippen LogP contribution in [0.5, 0.6) is 11.5 Å². The molecule has 0 bridgehead atoms.